The van der Waals surface area contributed by atoms with Crippen LogP contribution in [-0.4, -0.2) is 12.1 Å². The van der Waals surface area contributed by atoms with Crippen molar-refractivity contribution < 1.29 is 9.53 Å². The van der Waals surface area contributed by atoms with Crippen molar-refractivity contribution in [3.8, 4) is 0 Å². The first-order valence-electron chi connectivity index (χ1n) is 10.0. The molecule has 2 nitrogen and oxygen atoms in total. The second kappa shape index (κ2) is 16.1. The van der Waals surface area contributed by atoms with Crippen molar-refractivity contribution in [2.24, 2.45) is 5.92 Å². The normalized spacial score (nSPS) is 13.5. The van der Waals surface area contributed by atoms with E-state index in [1.165, 1.54) is 76.7 Å². The zero-order chi connectivity index (χ0) is 17.3. The van der Waals surface area contributed by atoms with Crippen LogP contribution >= 0.6 is 0 Å². The van der Waals surface area contributed by atoms with E-state index in [0.29, 0.717) is 5.92 Å². The number of ether oxygens (including phenoxy) is 1. The molecule has 0 aliphatic carbocycles. The van der Waals surface area contributed by atoms with Gasteiger partial charge in [-0.15, -0.1) is 0 Å². The van der Waals surface area contributed by atoms with Gasteiger partial charge in [-0.05, 0) is 25.2 Å². The highest BCUT2D eigenvalue weighted by atomic mass is 16.5. The monoisotopic (exact) mass is 324 g/mol. The molecule has 2 heteroatoms. The van der Waals surface area contributed by atoms with E-state index in [-0.39, 0.29) is 12.1 Å². The molecule has 136 valence electrons. The molecule has 0 aromatic carbocycles. The predicted molar refractivity (Wildman–Crippen MR) is 101 cm³/mol. The first kappa shape index (κ1) is 22.2. The van der Waals surface area contributed by atoms with E-state index in [2.05, 4.69) is 27.4 Å². The van der Waals surface area contributed by atoms with Crippen molar-refractivity contribution >= 4 is 5.97 Å². The van der Waals surface area contributed by atoms with Crippen LogP contribution in [0.25, 0.3) is 0 Å². The molecule has 0 aromatic rings. The molecule has 0 N–H and O–H groups in total. The van der Waals surface area contributed by atoms with Gasteiger partial charge in [-0.2, -0.15) is 0 Å². The van der Waals surface area contributed by atoms with E-state index >= 15 is 0 Å². The highest BCUT2D eigenvalue weighted by Gasteiger charge is 2.18. The third-order valence-corrected chi connectivity index (χ3v) is 4.72. The molecule has 0 fully saturated rings. The molecule has 0 aliphatic heterocycles. The average molecular weight is 325 g/mol. The third-order valence-electron chi connectivity index (χ3n) is 4.72. The summed E-state index contributed by atoms with van der Waals surface area (Å²) < 4.78 is 5.60. The summed E-state index contributed by atoms with van der Waals surface area (Å²) in [6, 6.07) is 0. The lowest BCUT2D eigenvalue weighted by atomic mass is 9.91. The summed E-state index contributed by atoms with van der Waals surface area (Å²) >= 11 is 0. The number of rotatable bonds is 16. The summed E-state index contributed by atoms with van der Waals surface area (Å²) in [4.78, 5) is 11.6. The molecule has 23 heavy (non-hydrogen) atoms. The van der Waals surface area contributed by atoms with E-state index in [9.17, 15) is 4.79 Å². The number of hydrogen-bond acceptors (Lipinski definition) is 2. The first-order chi connectivity index (χ1) is 11.2. The lowest BCUT2D eigenvalue weighted by Crippen LogP contribution is -2.20. The largest absolute Gasteiger partial charge is 0.459 e. The summed E-state index contributed by atoms with van der Waals surface area (Å²) in [5.74, 6) is 0.422. The summed E-state index contributed by atoms with van der Waals surface area (Å²) in [5.41, 5.74) is 0. The fourth-order valence-corrected chi connectivity index (χ4v) is 3.12. The summed E-state index contributed by atoms with van der Waals surface area (Å²) in [5, 5.41) is 0. The Morgan fingerprint density at radius 1 is 0.913 bits per heavy atom. The maximum atomic E-state index is 11.6. The average Bonchev–Trinajstić information content (AvgIpc) is 2.57. The molecule has 0 bridgehead atoms. The quantitative estimate of drug-likeness (QED) is 0.177. The van der Waals surface area contributed by atoms with E-state index in [1.54, 1.807) is 0 Å². The minimum absolute atomic E-state index is 0.0814. The lowest BCUT2D eigenvalue weighted by Gasteiger charge is -2.22. The number of esters is 1. The highest BCUT2D eigenvalue weighted by Crippen LogP contribution is 2.23. The molecule has 2 unspecified atom stereocenters. The molecule has 2 atom stereocenters. The molecule has 0 radical (unpaired) electrons. The minimum atomic E-state index is -0.261. The van der Waals surface area contributed by atoms with Crippen LogP contribution < -0.4 is 0 Å². The molecular weight excluding hydrogens is 284 g/mol. The Morgan fingerprint density at radius 3 is 2.09 bits per heavy atom. The van der Waals surface area contributed by atoms with E-state index in [4.69, 9.17) is 4.74 Å². The van der Waals surface area contributed by atoms with Gasteiger partial charge in [-0.25, -0.2) is 4.79 Å². The van der Waals surface area contributed by atoms with Crippen LogP contribution in [0.3, 0.4) is 0 Å². The minimum Gasteiger partial charge on any atom is -0.459 e. The number of carbonyl (C=O) groups excluding carboxylic acids is 1. The van der Waals surface area contributed by atoms with Gasteiger partial charge in [0.1, 0.15) is 6.10 Å². The van der Waals surface area contributed by atoms with E-state index in [1.807, 2.05) is 0 Å². The predicted octanol–water partition coefficient (Wildman–Crippen LogP) is 6.83. The van der Waals surface area contributed by atoms with Crippen molar-refractivity contribution in [2.75, 3.05) is 0 Å². The van der Waals surface area contributed by atoms with Gasteiger partial charge in [0.05, 0.1) is 0 Å². The Hall–Kier alpha value is -0.790. The third kappa shape index (κ3) is 13.4. The Balaban J connectivity index is 4.12. The Bertz CT molecular complexity index is 286. The molecule has 0 saturated heterocycles. The second-order valence-electron chi connectivity index (χ2n) is 6.83. The van der Waals surface area contributed by atoms with Gasteiger partial charge in [0.15, 0.2) is 0 Å². The lowest BCUT2D eigenvalue weighted by molar-refractivity contribution is -0.144. The van der Waals surface area contributed by atoms with Gasteiger partial charge >= 0.3 is 5.97 Å². The zero-order valence-corrected chi connectivity index (χ0v) is 15.9. The first-order valence-corrected chi connectivity index (χ1v) is 10.0. The van der Waals surface area contributed by atoms with Crippen molar-refractivity contribution in [3.05, 3.63) is 12.7 Å². The molecule has 0 aliphatic rings. The van der Waals surface area contributed by atoms with Gasteiger partial charge in [-0.3, -0.25) is 0 Å². The van der Waals surface area contributed by atoms with Crippen LogP contribution in [0.2, 0.25) is 0 Å². The van der Waals surface area contributed by atoms with Crippen LogP contribution in [0.4, 0.5) is 0 Å². The Morgan fingerprint density at radius 2 is 1.52 bits per heavy atom. The molecule has 0 heterocycles. The van der Waals surface area contributed by atoms with Crippen LogP contribution in [-0.2, 0) is 9.53 Å². The topological polar surface area (TPSA) is 26.3 Å². The van der Waals surface area contributed by atoms with Crippen LogP contribution in [0.5, 0.6) is 0 Å². The molecule has 0 rings (SSSR count). The summed E-state index contributed by atoms with van der Waals surface area (Å²) in [6.45, 7) is 10.3. The standard InChI is InChI=1S/C21H40O2/c1-5-9-11-12-13-14-15-17-20(23-21(22)8-4)18-19(7-3)16-10-6-2/h8,19-20H,4-7,9-18H2,1-3H3. The fraction of sp³-hybridized carbons (Fsp3) is 0.857. The van der Waals surface area contributed by atoms with Crippen molar-refractivity contribution in [2.45, 2.75) is 110 Å². The van der Waals surface area contributed by atoms with Gasteiger partial charge in [0.2, 0.25) is 0 Å². The molecule has 0 aromatic heterocycles. The maximum absolute atomic E-state index is 11.6. The summed E-state index contributed by atoms with van der Waals surface area (Å²) in [7, 11) is 0. The molecule has 0 amide bonds. The fourth-order valence-electron chi connectivity index (χ4n) is 3.12. The van der Waals surface area contributed by atoms with Gasteiger partial charge in [0.25, 0.3) is 0 Å². The zero-order valence-electron chi connectivity index (χ0n) is 15.9. The Labute approximate surface area is 145 Å². The number of hydrogen-bond donors (Lipinski definition) is 0. The smallest absolute Gasteiger partial charge is 0.330 e. The van der Waals surface area contributed by atoms with Crippen molar-refractivity contribution in [1.29, 1.82) is 0 Å². The van der Waals surface area contributed by atoms with Gasteiger partial charge in [-0.1, -0.05) is 91.6 Å². The number of unbranched alkanes of at least 4 members (excludes halogenated alkanes) is 7. The SMILES string of the molecule is C=CC(=O)OC(CCCCCCCCC)CC(CC)CCCC. The van der Waals surface area contributed by atoms with Gasteiger partial charge in [0, 0.05) is 6.08 Å². The molecular formula is C21H40O2. The highest BCUT2D eigenvalue weighted by molar-refractivity contribution is 5.81. The van der Waals surface area contributed by atoms with Crippen molar-refractivity contribution in [1.82, 2.24) is 0 Å². The van der Waals surface area contributed by atoms with Crippen molar-refractivity contribution in [3.63, 3.8) is 0 Å². The molecule has 0 saturated carbocycles. The molecule has 0 spiro atoms. The van der Waals surface area contributed by atoms with Crippen LogP contribution in [0.15, 0.2) is 12.7 Å². The van der Waals surface area contributed by atoms with Gasteiger partial charge < -0.3 is 4.74 Å². The van der Waals surface area contributed by atoms with Crippen LogP contribution in [0, 0.1) is 5.92 Å². The Kier molecular flexibility index (Phi) is 15.5. The second-order valence-corrected chi connectivity index (χ2v) is 6.83. The van der Waals surface area contributed by atoms with E-state index < -0.39 is 0 Å². The number of carbonyl (C=O) groups is 1. The van der Waals surface area contributed by atoms with Crippen LogP contribution in [0.1, 0.15) is 104 Å². The van der Waals surface area contributed by atoms with E-state index in [0.717, 1.165) is 12.8 Å². The maximum Gasteiger partial charge on any atom is 0.330 e. The summed E-state index contributed by atoms with van der Waals surface area (Å²) in [6.07, 6.45) is 17.5.